The van der Waals surface area contributed by atoms with Crippen LogP contribution in [0.25, 0.3) is 0 Å². The van der Waals surface area contributed by atoms with Gasteiger partial charge in [-0.05, 0) is 30.7 Å². The van der Waals surface area contributed by atoms with Crippen LogP contribution in [0.3, 0.4) is 0 Å². The number of aromatic nitrogens is 1. The van der Waals surface area contributed by atoms with Gasteiger partial charge in [0.15, 0.2) is 0 Å². The summed E-state index contributed by atoms with van der Waals surface area (Å²) < 4.78 is 0. The van der Waals surface area contributed by atoms with E-state index >= 15 is 0 Å². The number of hydrogen-bond donors (Lipinski definition) is 1. The molecule has 7 heteroatoms. The van der Waals surface area contributed by atoms with E-state index < -0.39 is 10.8 Å². The Morgan fingerprint density at radius 2 is 2.14 bits per heavy atom. The molecule has 1 aromatic heterocycles. The number of nitrogens with one attached hydrogen (secondary N) is 1. The van der Waals surface area contributed by atoms with Crippen molar-refractivity contribution in [2.45, 2.75) is 32.6 Å². The molecule has 114 valence electrons. The highest BCUT2D eigenvalue weighted by atomic mass is 35.5. The molecule has 1 amide bonds. The molecule has 1 saturated carbocycles. The summed E-state index contributed by atoms with van der Waals surface area (Å²) in [6.45, 7) is 2.78. The lowest BCUT2D eigenvalue weighted by molar-refractivity contribution is -0.385. The van der Waals surface area contributed by atoms with Gasteiger partial charge < -0.3 is 5.32 Å². The second-order valence-corrected chi connectivity index (χ2v) is 6.00. The highest BCUT2D eigenvalue weighted by Gasteiger charge is 2.23. The molecule has 21 heavy (non-hydrogen) atoms. The van der Waals surface area contributed by atoms with E-state index in [1.165, 1.54) is 18.9 Å². The van der Waals surface area contributed by atoms with Gasteiger partial charge in [0.25, 0.3) is 11.6 Å². The van der Waals surface area contributed by atoms with Crippen molar-refractivity contribution < 1.29 is 9.72 Å². The lowest BCUT2D eigenvalue weighted by Gasteiger charge is -2.26. The van der Waals surface area contributed by atoms with E-state index in [1.54, 1.807) is 0 Å². The molecule has 0 bridgehead atoms. The first-order chi connectivity index (χ1) is 9.97. The van der Waals surface area contributed by atoms with E-state index in [0.29, 0.717) is 12.5 Å². The molecule has 0 saturated heterocycles. The SMILES string of the molecule is CC1CCC(CNC(=O)c2cc(Cl)ncc2[N+](=O)[O-])CC1. The van der Waals surface area contributed by atoms with Gasteiger partial charge in [-0.15, -0.1) is 0 Å². The minimum absolute atomic E-state index is 0.0378. The largest absolute Gasteiger partial charge is 0.352 e. The van der Waals surface area contributed by atoms with Gasteiger partial charge in [0.2, 0.25) is 0 Å². The molecule has 1 aliphatic carbocycles. The number of halogens is 1. The molecule has 0 atom stereocenters. The number of nitro groups is 1. The van der Waals surface area contributed by atoms with Crippen molar-refractivity contribution >= 4 is 23.2 Å². The van der Waals surface area contributed by atoms with E-state index in [4.69, 9.17) is 11.6 Å². The summed E-state index contributed by atoms with van der Waals surface area (Å²) in [5, 5.41) is 13.8. The summed E-state index contributed by atoms with van der Waals surface area (Å²) in [7, 11) is 0. The van der Waals surface area contributed by atoms with Crippen molar-refractivity contribution in [3.8, 4) is 0 Å². The van der Waals surface area contributed by atoms with Crippen molar-refractivity contribution in [3.63, 3.8) is 0 Å². The molecule has 0 unspecified atom stereocenters. The van der Waals surface area contributed by atoms with Crippen LogP contribution < -0.4 is 5.32 Å². The molecular weight excluding hydrogens is 294 g/mol. The average molecular weight is 312 g/mol. The maximum Gasteiger partial charge on any atom is 0.300 e. The quantitative estimate of drug-likeness (QED) is 0.525. The predicted molar refractivity (Wildman–Crippen MR) is 79.4 cm³/mol. The summed E-state index contributed by atoms with van der Waals surface area (Å²) in [5.74, 6) is 0.725. The molecule has 6 nitrogen and oxygen atoms in total. The molecule has 2 rings (SSSR count). The van der Waals surface area contributed by atoms with E-state index in [1.807, 2.05) is 0 Å². The zero-order valence-electron chi connectivity index (χ0n) is 11.8. The Hall–Kier alpha value is -1.69. The third kappa shape index (κ3) is 4.14. The topological polar surface area (TPSA) is 85.1 Å². The summed E-state index contributed by atoms with van der Waals surface area (Å²) in [4.78, 5) is 26.1. The van der Waals surface area contributed by atoms with Crippen LogP contribution >= 0.6 is 11.6 Å². The van der Waals surface area contributed by atoms with Crippen molar-refractivity contribution in [2.75, 3.05) is 6.54 Å². The fourth-order valence-electron chi connectivity index (χ4n) is 2.62. The van der Waals surface area contributed by atoms with Gasteiger partial charge in [0, 0.05) is 6.54 Å². The fraction of sp³-hybridized carbons (Fsp3) is 0.571. The van der Waals surface area contributed by atoms with Gasteiger partial charge in [-0.2, -0.15) is 0 Å². The Morgan fingerprint density at radius 3 is 2.76 bits per heavy atom. The highest BCUT2D eigenvalue weighted by molar-refractivity contribution is 6.29. The van der Waals surface area contributed by atoms with Crippen LogP contribution in [0.5, 0.6) is 0 Å². The Labute approximate surface area is 128 Å². The smallest absolute Gasteiger partial charge is 0.300 e. The number of nitrogens with zero attached hydrogens (tertiary/aromatic N) is 2. The molecule has 1 N–H and O–H groups in total. The molecule has 1 aliphatic rings. The van der Waals surface area contributed by atoms with E-state index in [-0.39, 0.29) is 16.4 Å². The van der Waals surface area contributed by atoms with Crippen LogP contribution in [0.15, 0.2) is 12.3 Å². The Morgan fingerprint density at radius 1 is 1.48 bits per heavy atom. The summed E-state index contributed by atoms with van der Waals surface area (Å²) in [6, 6.07) is 1.23. The molecular formula is C14H18ClN3O3. The lowest BCUT2D eigenvalue weighted by Crippen LogP contribution is -2.31. The van der Waals surface area contributed by atoms with Crippen molar-refractivity contribution in [3.05, 3.63) is 33.1 Å². The Kier molecular flexibility index (Phi) is 5.12. The third-order valence-corrected chi connectivity index (χ3v) is 4.18. The maximum atomic E-state index is 12.1. The zero-order chi connectivity index (χ0) is 15.4. The maximum absolute atomic E-state index is 12.1. The minimum atomic E-state index is -0.624. The second kappa shape index (κ2) is 6.85. The van der Waals surface area contributed by atoms with Crippen molar-refractivity contribution in [1.82, 2.24) is 10.3 Å². The van der Waals surface area contributed by atoms with Gasteiger partial charge in [-0.3, -0.25) is 14.9 Å². The lowest BCUT2D eigenvalue weighted by atomic mass is 9.83. The van der Waals surface area contributed by atoms with E-state index in [9.17, 15) is 14.9 Å². The summed E-state index contributed by atoms with van der Waals surface area (Å²) >= 11 is 5.72. The fourth-order valence-corrected chi connectivity index (χ4v) is 2.77. The highest BCUT2D eigenvalue weighted by Crippen LogP contribution is 2.28. The van der Waals surface area contributed by atoms with Crippen LogP contribution in [-0.4, -0.2) is 22.4 Å². The molecule has 0 radical (unpaired) electrons. The molecule has 1 heterocycles. The van der Waals surface area contributed by atoms with Crippen LogP contribution in [0.1, 0.15) is 43.0 Å². The minimum Gasteiger partial charge on any atom is -0.352 e. The molecule has 1 aromatic rings. The standard InChI is InChI=1S/C14H18ClN3O3/c1-9-2-4-10(5-3-9)7-17-14(19)11-6-13(15)16-8-12(11)18(20)21/h6,8-10H,2-5,7H2,1H3,(H,17,19). The Bertz CT molecular complexity index is 542. The van der Waals surface area contributed by atoms with Crippen LogP contribution in [0, 0.1) is 22.0 Å². The number of carbonyl (C=O) groups excluding carboxylic acids is 1. The van der Waals surface area contributed by atoms with Crippen molar-refractivity contribution in [1.29, 1.82) is 0 Å². The van der Waals surface area contributed by atoms with Crippen LogP contribution in [0.2, 0.25) is 5.15 Å². The molecule has 0 aliphatic heterocycles. The molecule has 0 spiro atoms. The van der Waals surface area contributed by atoms with Gasteiger partial charge in [0.1, 0.15) is 16.9 Å². The first kappa shape index (κ1) is 15.7. The second-order valence-electron chi connectivity index (χ2n) is 5.62. The number of amides is 1. The number of carbonyl (C=O) groups is 1. The van der Waals surface area contributed by atoms with E-state index in [2.05, 4.69) is 17.2 Å². The van der Waals surface area contributed by atoms with Gasteiger partial charge in [-0.1, -0.05) is 31.4 Å². The number of hydrogen-bond acceptors (Lipinski definition) is 4. The van der Waals surface area contributed by atoms with Gasteiger partial charge in [0.05, 0.1) is 4.92 Å². The molecule has 1 fully saturated rings. The first-order valence-corrected chi connectivity index (χ1v) is 7.43. The zero-order valence-corrected chi connectivity index (χ0v) is 12.6. The van der Waals surface area contributed by atoms with E-state index in [0.717, 1.165) is 25.0 Å². The number of rotatable bonds is 4. The molecule has 0 aromatic carbocycles. The predicted octanol–water partition coefficient (Wildman–Crippen LogP) is 3.20. The van der Waals surface area contributed by atoms with Crippen LogP contribution in [0.4, 0.5) is 5.69 Å². The summed E-state index contributed by atoms with van der Waals surface area (Å²) in [6.07, 6.45) is 5.52. The summed E-state index contributed by atoms with van der Waals surface area (Å²) in [5.41, 5.74) is -0.363. The van der Waals surface area contributed by atoms with Gasteiger partial charge in [-0.25, -0.2) is 4.98 Å². The normalized spacial score (nSPS) is 21.8. The average Bonchev–Trinajstić information content (AvgIpc) is 2.46. The Balaban J connectivity index is 2.00. The van der Waals surface area contributed by atoms with Crippen LogP contribution in [-0.2, 0) is 0 Å². The van der Waals surface area contributed by atoms with Gasteiger partial charge >= 0.3 is 0 Å². The third-order valence-electron chi connectivity index (χ3n) is 3.98. The monoisotopic (exact) mass is 311 g/mol. The number of pyridine rings is 1. The first-order valence-electron chi connectivity index (χ1n) is 7.05. The van der Waals surface area contributed by atoms with Crippen molar-refractivity contribution in [2.24, 2.45) is 11.8 Å².